The molecular weight excluding hydrogens is 613 g/mol. The molecular formula is C35H37ClFN3O4S. The minimum atomic E-state index is -4.31. The molecule has 4 aromatic carbocycles. The van der Waals surface area contributed by atoms with Gasteiger partial charge in [-0.15, -0.1) is 0 Å². The molecule has 1 N–H and O–H groups in total. The lowest BCUT2D eigenvalue weighted by Gasteiger charge is -2.34. The fourth-order valence-electron chi connectivity index (χ4n) is 4.76. The number of nitrogens with one attached hydrogen (secondary N) is 1. The Labute approximate surface area is 269 Å². The predicted octanol–water partition coefficient (Wildman–Crippen LogP) is 6.40. The van der Waals surface area contributed by atoms with Crippen LogP contribution in [0.4, 0.5) is 10.1 Å². The monoisotopic (exact) mass is 649 g/mol. The van der Waals surface area contributed by atoms with Gasteiger partial charge in [0.1, 0.15) is 18.4 Å². The summed E-state index contributed by atoms with van der Waals surface area (Å²) in [5.41, 5.74) is 2.65. The molecule has 0 aliphatic rings. The Morgan fingerprint density at radius 1 is 0.867 bits per heavy atom. The molecule has 0 spiro atoms. The minimum absolute atomic E-state index is 0.0118. The van der Waals surface area contributed by atoms with Crippen molar-refractivity contribution in [1.29, 1.82) is 0 Å². The third-order valence-electron chi connectivity index (χ3n) is 7.23. The first kappa shape index (κ1) is 33.7. The molecule has 0 saturated heterocycles. The molecule has 4 aromatic rings. The Morgan fingerprint density at radius 2 is 1.49 bits per heavy atom. The first-order valence-corrected chi connectivity index (χ1v) is 16.5. The second-order valence-corrected chi connectivity index (χ2v) is 13.5. The van der Waals surface area contributed by atoms with Crippen molar-refractivity contribution in [2.45, 2.75) is 44.7 Å². The summed E-state index contributed by atoms with van der Waals surface area (Å²) in [7, 11) is -4.31. The standard InChI is InChI=1S/C35H37ClFN3O4S/c1-25(2)22-38-35(42)33(20-27-10-6-4-7-11-27)39(23-28-16-14-26(3)15-17-28)34(41)24-40(29-18-19-32(37)31(36)21-29)45(43,44)30-12-8-5-9-13-30/h4-19,21,25,33H,20,22-24H2,1-3H3,(H,38,42)/t33-/m0/s1. The number of carbonyl (C=O) groups is 2. The molecule has 0 bridgehead atoms. The molecule has 45 heavy (non-hydrogen) atoms. The fraction of sp³-hybridized carbons (Fsp3) is 0.257. The van der Waals surface area contributed by atoms with E-state index in [2.05, 4.69) is 5.32 Å². The SMILES string of the molecule is Cc1ccc(CN(C(=O)CN(c2ccc(F)c(Cl)c2)S(=O)(=O)c2ccccc2)[C@@H](Cc2ccccc2)C(=O)NCC(C)C)cc1. The van der Waals surface area contributed by atoms with E-state index in [1.54, 1.807) is 18.2 Å². The minimum Gasteiger partial charge on any atom is -0.354 e. The van der Waals surface area contributed by atoms with E-state index < -0.39 is 34.3 Å². The van der Waals surface area contributed by atoms with Gasteiger partial charge in [-0.25, -0.2) is 12.8 Å². The fourth-order valence-corrected chi connectivity index (χ4v) is 6.36. The molecule has 0 saturated carbocycles. The molecule has 0 aliphatic heterocycles. The highest BCUT2D eigenvalue weighted by Crippen LogP contribution is 2.28. The van der Waals surface area contributed by atoms with Crippen LogP contribution in [0.5, 0.6) is 0 Å². The van der Waals surface area contributed by atoms with E-state index in [9.17, 15) is 22.4 Å². The number of benzene rings is 4. The maximum absolute atomic E-state index is 14.4. The highest BCUT2D eigenvalue weighted by atomic mass is 35.5. The van der Waals surface area contributed by atoms with E-state index in [1.165, 1.54) is 29.2 Å². The van der Waals surface area contributed by atoms with Crippen LogP contribution in [-0.2, 0) is 32.6 Å². The molecule has 1 atom stereocenters. The second-order valence-electron chi connectivity index (χ2n) is 11.3. The molecule has 0 unspecified atom stereocenters. The van der Waals surface area contributed by atoms with E-state index in [1.807, 2.05) is 75.4 Å². The van der Waals surface area contributed by atoms with Gasteiger partial charge in [-0.1, -0.05) is 104 Å². The van der Waals surface area contributed by atoms with Crippen molar-refractivity contribution >= 4 is 39.1 Å². The van der Waals surface area contributed by atoms with Crippen molar-refractivity contribution in [2.24, 2.45) is 5.92 Å². The Balaban J connectivity index is 1.80. The highest BCUT2D eigenvalue weighted by Gasteiger charge is 2.34. The highest BCUT2D eigenvalue weighted by molar-refractivity contribution is 7.92. The number of hydrogen-bond acceptors (Lipinski definition) is 4. The molecule has 10 heteroatoms. The van der Waals surface area contributed by atoms with Crippen LogP contribution < -0.4 is 9.62 Å². The van der Waals surface area contributed by atoms with Gasteiger partial charge in [-0.2, -0.15) is 0 Å². The third kappa shape index (κ3) is 8.93. The normalized spacial score (nSPS) is 12.0. The molecule has 7 nitrogen and oxygen atoms in total. The molecule has 2 amide bonds. The van der Waals surface area contributed by atoms with Gasteiger partial charge in [-0.3, -0.25) is 13.9 Å². The second kappa shape index (κ2) is 15.2. The van der Waals surface area contributed by atoms with Crippen LogP contribution in [0.3, 0.4) is 0 Å². The Hall–Kier alpha value is -4.21. The molecule has 0 aromatic heterocycles. The zero-order chi connectivity index (χ0) is 32.6. The van der Waals surface area contributed by atoms with E-state index in [4.69, 9.17) is 11.6 Å². The van der Waals surface area contributed by atoms with Crippen molar-refractivity contribution in [3.8, 4) is 0 Å². The topological polar surface area (TPSA) is 86.8 Å². The van der Waals surface area contributed by atoms with Crippen LogP contribution in [0.1, 0.15) is 30.5 Å². The summed E-state index contributed by atoms with van der Waals surface area (Å²) >= 11 is 6.07. The molecule has 236 valence electrons. The molecule has 0 aliphatic carbocycles. The number of rotatable bonds is 13. The van der Waals surface area contributed by atoms with Crippen LogP contribution in [0.25, 0.3) is 0 Å². The van der Waals surface area contributed by atoms with Crippen LogP contribution in [0.2, 0.25) is 5.02 Å². The molecule has 0 heterocycles. The quantitative estimate of drug-likeness (QED) is 0.182. The van der Waals surface area contributed by atoms with Crippen molar-refractivity contribution in [2.75, 3.05) is 17.4 Å². The van der Waals surface area contributed by atoms with Gasteiger partial charge in [0, 0.05) is 19.5 Å². The van der Waals surface area contributed by atoms with Gasteiger partial charge in [0.05, 0.1) is 15.6 Å². The Morgan fingerprint density at radius 3 is 2.09 bits per heavy atom. The number of amides is 2. The zero-order valence-electron chi connectivity index (χ0n) is 25.5. The maximum Gasteiger partial charge on any atom is 0.264 e. The predicted molar refractivity (Wildman–Crippen MR) is 176 cm³/mol. The first-order valence-electron chi connectivity index (χ1n) is 14.6. The van der Waals surface area contributed by atoms with Gasteiger partial charge >= 0.3 is 0 Å². The number of aryl methyl sites for hydroxylation is 1. The number of carbonyl (C=O) groups excluding carboxylic acids is 2. The van der Waals surface area contributed by atoms with Crippen LogP contribution >= 0.6 is 11.6 Å². The summed E-state index contributed by atoms with van der Waals surface area (Å²) in [6, 6.07) is 27.1. The number of hydrogen-bond donors (Lipinski definition) is 1. The zero-order valence-corrected chi connectivity index (χ0v) is 27.1. The average molecular weight is 650 g/mol. The lowest BCUT2D eigenvalue weighted by molar-refractivity contribution is -0.140. The van der Waals surface area contributed by atoms with Crippen molar-refractivity contribution in [3.05, 3.63) is 131 Å². The van der Waals surface area contributed by atoms with Gasteiger partial charge in [0.15, 0.2) is 0 Å². The lowest BCUT2D eigenvalue weighted by Crippen LogP contribution is -2.53. The van der Waals surface area contributed by atoms with Crippen molar-refractivity contribution < 1.29 is 22.4 Å². The first-order chi connectivity index (χ1) is 21.5. The molecule has 0 fully saturated rings. The summed E-state index contributed by atoms with van der Waals surface area (Å²) in [5.74, 6) is -1.52. The number of anilines is 1. The largest absolute Gasteiger partial charge is 0.354 e. The van der Waals surface area contributed by atoms with Gasteiger partial charge in [0.25, 0.3) is 10.0 Å². The summed E-state index contributed by atoms with van der Waals surface area (Å²) in [4.78, 5) is 29.6. The Kier molecular flexibility index (Phi) is 11.4. The number of sulfonamides is 1. The van der Waals surface area contributed by atoms with Crippen LogP contribution in [0.15, 0.2) is 108 Å². The van der Waals surface area contributed by atoms with E-state index in [0.717, 1.165) is 27.1 Å². The number of halogens is 2. The lowest BCUT2D eigenvalue weighted by atomic mass is 10.0. The van der Waals surface area contributed by atoms with Gasteiger partial charge in [0.2, 0.25) is 11.8 Å². The van der Waals surface area contributed by atoms with E-state index >= 15 is 0 Å². The van der Waals surface area contributed by atoms with Gasteiger partial charge < -0.3 is 10.2 Å². The van der Waals surface area contributed by atoms with Crippen molar-refractivity contribution in [1.82, 2.24) is 10.2 Å². The summed E-state index contributed by atoms with van der Waals surface area (Å²) < 4.78 is 43.0. The summed E-state index contributed by atoms with van der Waals surface area (Å²) in [6.07, 6.45) is 0.205. The average Bonchev–Trinajstić information content (AvgIpc) is 3.03. The maximum atomic E-state index is 14.4. The van der Waals surface area contributed by atoms with Crippen LogP contribution in [0, 0.1) is 18.7 Å². The summed E-state index contributed by atoms with van der Waals surface area (Å²) in [5, 5.41) is 2.67. The van der Waals surface area contributed by atoms with Gasteiger partial charge in [-0.05, 0) is 54.3 Å². The van der Waals surface area contributed by atoms with Crippen molar-refractivity contribution in [3.63, 3.8) is 0 Å². The van der Waals surface area contributed by atoms with Crippen LogP contribution in [-0.4, -0.2) is 44.3 Å². The van der Waals surface area contributed by atoms with E-state index in [-0.39, 0.29) is 40.4 Å². The van der Waals surface area contributed by atoms with E-state index in [0.29, 0.717) is 6.54 Å². The number of nitrogens with zero attached hydrogens (tertiary/aromatic N) is 2. The smallest absolute Gasteiger partial charge is 0.264 e. The summed E-state index contributed by atoms with van der Waals surface area (Å²) in [6.45, 7) is 5.69. The Bertz CT molecular complexity index is 1700. The molecule has 0 radical (unpaired) electrons. The third-order valence-corrected chi connectivity index (χ3v) is 9.31. The molecule has 4 rings (SSSR count).